The van der Waals surface area contributed by atoms with Crippen LogP contribution in [0.15, 0.2) is 66.9 Å². The van der Waals surface area contributed by atoms with Crippen molar-refractivity contribution in [2.75, 3.05) is 19.5 Å². The summed E-state index contributed by atoms with van der Waals surface area (Å²) in [6, 6.07) is 18.2. The van der Waals surface area contributed by atoms with Crippen molar-refractivity contribution in [1.82, 2.24) is 9.38 Å². The van der Waals surface area contributed by atoms with E-state index in [1.54, 1.807) is 44.6 Å². The topological polar surface area (TPSA) is 74.1 Å². The van der Waals surface area contributed by atoms with Gasteiger partial charge >= 0.3 is 5.97 Å². The number of rotatable bonds is 8. The van der Waals surface area contributed by atoms with Gasteiger partial charge in [0.05, 0.1) is 19.8 Å². The molecule has 4 rings (SSSR count). The van der Waals surface area contributed by atoms with E-state index in [1.165, 1.54) is 0 Å². The molecule has 2 aromatic carbocycles. The summed E-state index contributed by atoms with van der Waals surface area (Å²) in [6.45, 7) is 11.1. The van der Waals surface area contributed by atoms with E-state index < -0.39 is 5.97 Å². The summed E-state index contributed by atoms with van der Waals surface area (Å²) in [7, 11) is 3.11. The van der Waals surface area contributed by atoms with Crippen molar-refractivity contribution in [2.24, 2.45) is 5.41 Å². The van der Waals surface area contributed by atoms with E-state index in [0.717, 1.165) is 29.1 Å². The van der Waals surface area contributed by atoms with Gasteiger partial charge in [-0.25, -0.2) is 9.78 Å². The van der Waals surface area contributed by atoms with Gasteiger partial charge in [-0.2, -0.15) is 0 Å². The van der Waals surface area contributed by atoms with Crippen LogP contribution in [0.1, 0.15) is 51.4 Å². The van der Waals surface area contributed by atoms with Crippen LogP contribution in [0.5, 0.6) is 17.2 Å². The number of hydrogen-bond acceptors (Lipinski definition) is 6. The fourth-order valence-corrected chi connectivity index (χ4v) is 4.82. The fourth-order valence-electron chi connectivity index (χ4n) is 4.82. The Labute approximate surface area is 218 Å². The number of carbonyl (C=O) groups excluding carboxylic acids is 1. The highest BCUT2D eigenvalue weighted by atomic mass is 16.6. The van der Waals surface area contributed by atoms with Crippen molar-refractivity contribution in [3.63, 3.8) is 0 Å². The van der Waals surface area contributed by atoms with Gasteiger partial charge < -0.3 is 19.5 Å². The zero-order valence-corrected chi connectivity index (χ0v) is 22.6. The van der Waals surface area contributed by atoms with E-state index in [4.69, 9.17) is 19.2 Å². The summed E-state index contributed by atoms with van der Waals surface area (Å²) in [4.78, 5) is 17.7. The van der Waals surface area contributed by atoms with Gasteiger partial charge in [-0.05, 0) is 74.2 Å². The van der Waals surface area contributed by atoms with E-state index >= 15 is 0 Å². The van der Waals surface area contributed by atoms with Gasteiger partial charge in [0.1, 0.15) is 22.9 Å². The highest BCUT2D eigenvalue weighted by Gasteiger charge is 2.28. The second-order valence-electron chi connectivity index (χ2n) is 11.0. The largest absolute Gasteiger partial charge is 0.497 e. The number of carbonyl (C=O) groups is 1. The average Bonchev–Trinajstić information content (AvgIpc) is 3.20. The number of hydrogen-bond donors (Lipinski definition) is 1. The number of anilines is 1. The number of methoxy groups -OCH3 is 2. The van der Waals surface area contributed by atoms with Crippen LogP contribution in [0.2, 0.25) is 0 Å². The Bertz CT molecular complexity index is 1420. The predicted octanol–water partition coefficient (Wildman–Crippen LogP) is 6.86. The smallest absolute Gasteiger partial charge is 0.343 e. The molecule has 0 aliphatic carbocycles. The number of fused-ring (bicyclic) bond motifs is 1. The normalized spacial score (nSPS) is 11.9. The first-order valence-corrected chi connectivity index (χ1v) is 12.3. The maximum Gasteiger partial charge on any atom is 0.343 e. The third-order valence-corrected chi connectivity index (χ3v) is 5.90. The molecule has 37 heavy (non-hydrogen) atoms. The van der Waals surface area contributed by atoms with Gasteiger partial charge in [0, 0.05) is 17.3 Å². The molecule has 0 atom stereocenters. The molecule has 0 fully saturated rings. The second kappa shape index (κ2) is 10.2. The summed E-state index contributed by atoms with van der Waals surface area (Å²) >= 11 is 0. The summed E-state index contributed by atoms with van der Waals surface area (Å²) in [5, 5.41) is 3.74. The van der Waals surface area contributed by atoms with Crippen LogP contribution in [0.3, 0.4) is 0 Å². The van der Waals surface area contributed by atoms with E-state index in [1.807, 2.05) is 36.5 Å². The van der Waals surface area contributed by atoms with Gasteiger partial charge in [-0.3, -0.25) is 4.40 Å². The Morgan fingerprint density at radius 1 is 0.919 bits per heavy atom. The molecule has 0 unspecified atom stereocenters. The SMILES string of the molecule is COc1cccc(C(=O)Oc2ccc(-c3nc4ccccn4c3NC(C)(C)CC(C)(C)C)cc2OC)c1. The van der Waals surface area contributed by atoms with Crippen molar-refractivity contribution in [1.29, 1.82) is 0 Å². The van der Waals surface area contributed by atoms with Crippen LogP contribution < -0.4 is 19.5 Å². The van der Waals surface area contributed by atoms with Gasteiger partial charge in [0.15, 0.2) is 11.5 Å². The molecule has 0 aliphatic rings. The predicted molar refractivity (Wildman–Crippen MR) is 147 cm³/mol. The number of pyridine rings is 1. The molecular formula is C30H35N3O4. The number of aromatic nitrogens is 2. The lowest BCUT2D eigenvalue weighted by molar-refractivity contribution is 0.0729. The highest BCUT2D eigenvalue weighted by Crippen LogP contribution is 2.38. The minimum Gasteiger partial charge on any atom is -0.497 e. The lowest BCUT2D eigenvalue weighted by atomic mass is 9.82. The van der Waals surface area contributed by atoms with Crippen LogP contribution in [0, 0.1) is 5.41 Å². The summed E-state index contributed by atoms with van der Waals surface area (Å²) in [6.07, 6.45) is 2.96. The van der Waals surface area contributed by atoms with Gasteiger partial charge in [-0.1, -0.05) is 32.9 Å². The Kier molecular flexibility index (Phi) is 7.16. The molecule has 7 heteroatoms. The number of esters is 1. The molecule has 0 bridgehead atoms. The van der Waals surface area contributed by atoms with Crippen LogP contribution in [0.4, 0.5) is 5.82 Å². The molecule has 2 heterocycles. The number of nitrogens with one attached hydrogen (secondary N) is 1. The van der Waals surface area contributed by atoms with E-state index in [-0.39, 0.29) is 11.0 Å². The first-order chi connectivity index (χ1) is 17.5. The Morgan fingerprint density at radius 3 is 2.41 bits per heavy atom. The maximum absolute atomic E-state index is 12.8. The summed E-state index contributed by atoms with van der Waals surface area (Å²) < 4.78 is 18.6. The van der Waals surface area contributed by atoms with Crippen LogP contribution in [-0.2, 0) is 0 Å². The minimum absolute atomic E-state index is 0.147. The van der Waals surface area contributed by atoms with Crippen molar-refractivity contribution < 1.29 is 19.0 Å². The second-order valence-corrected chi connectivity index (χ2v) is 11.0. The number of nitrogens with zero attached hydrogens (tertiary/aromatic N) is 2. The summed E-state index contributed by atoms with van der Waals surface area (Å²) in [5.41, 5.74) is 2.81. The first-order valence-electron chi connectivity index (χ1n) is 12.3. The molecule has 194 valence electrons. The molecule has 0 aliphatic heterocycles. The molecular weight excluding hydrogens is 466 g/mol. The molecule has 7 nitrogen and oxygen atoms in total. The quantitative estimate of drug-likeness (QED) is 0.210. The highest BCUT2D eigenvalue weighted by molar-refractivity contribution is 5.92. The zero-order chi connectivity index (χ0) is 26.8. The molecule has 0 saturated carbocycles. The van der Waals surface area contributed by atoms with Crippen molar-refractivity contribution in [3.8, 4) is 28.5 Å². The zero-order valence-electron chi connectivity index (χ0n) is 22.6. The van der Waals surface area contributed by atoms with Gasteiger partial charge in [-0.15, -0.1) is 0 Å². The van der Waals surface area contributed by atoms with E-state index in [9.17, 15) is 4.79 Å². The molecule has 4 aromatic rings. The van der Waals surface area contributed by atoms with Crippen molar-refractivity contribution >= 4 is 17.4 Å². The van der Waals surface area contributed by atoms with Gasteiger partial charge in [0.25, 0.3) is 0 Å². The van der Waals surface area contributed by atoms with Crippen molar-refractivity contribution in [3.05, 3.63) is 72.4 Å². The molecule has 0 saturated heterocycles. The summed E-state index contributed by atoms with van der Waals surface area (Å²) in [5.74, 6) is 1.74. The molecule has 0 spiro atoms. The first kappa shape index (κ1) is 26.1. The monoisotopic (exact) mass is 501 g/mol. The van der Waals surface area contributed by atoms with Gasteiger partial charge in [0.2, 0.25) is 0 Å². The molecule has 2 aromatic heterocycles. The van der Waals surface area contributed by atoms with Crippen LogP contribution in [-0.4, -0.2) is 35.1 Å². The number of ether oxygens (including phenoxy) is 3. The third-order valence-electron chi connectivity index (χ3n) is 5.90. The van der Waals surface area contributed by atoms with Crippen molar-refractivity contribution in [2.45, 2.75) is 46.6 Å². The third kappa shape index (κ3) is 6.05. The number of imidazole rings is 1. The molecule has 0 amide bonds. The maximum atomic E-state index is 12.8. The van der Waals surface area contributed by atoms with E-state index in [0.29, 0.717) is 22.8 Å². The average molecular weight is 502 g/mol. The van der Waals surface area contributed by atoms with Crippen LogP contribution in [0.25, 0.3) is 16.9 Å². The standard InChI is InChI=1S/C30H35N3O4/c1-29(2,3)19-30(4,5)32-27-26(31-25-13-8-9-16-33(25)27)20-14-15-23(24(18-20)36-7)37-28(34)21-11-10-12-22(17-21)35-6/h8-18,32H,19H2,1-7H3. The lowest BCUT2D eigenvalue weighted by Crippen LogP contribution is -2.36. The lowest BCUT2D eigenvalue weighted by Gasteiger charge is -2.34. The Morgan fingerprint density at radius 2 is 1.70 bits per heavy atom. The minimum atomic E-state index is -0.496. The number of benzene rings is 2. The fraction of sp³-hybridized carbons (Fsp3) is 0.333. The molecule has 1 N–H and O–H groups in total. The molecule has 0 radical (unpaired) electrons. The Balaban J connectivity index is 1.70. The Hall–Kier alpha value is -4.00. The van der Waals surface area contributed by atoms with Crippen LogP contribution >= 0.6 is 0 Å². The van der Waals surface area contributed by atoms with E-state index in [2.05, 4.69) is 44.3 Å².